The monoisotopic (exact) mass is 282 g/mol. The van der Waals surface area contributed by atoms with E-state index < -0.39 is 0 Å². The molecule has 2 N–H and O–H groups in total. The molecular formula is C13H12Cl2N2O. The van der Waals surface area contributed by atoms with E-state index in [4.69, 9.17) is 33.7 Å². The summed E-state index contributed by atoms with van der Waals surface area (Å²) in [5.41, 5.74) is 6.66. The number of benzene rings is 1. The van der Waals surface area contributed by atoms with E-state index in [0.717, 1.165) is 5.56 Å². The molecule has 0 radical (unpaired) electrons. The third kappa shape index (κ3) is 3.28. The second kappa shape index (κ2) is 5.94. The summed E-state index contributed by atoms with van der Waals surface area (Å²) in [6.07, 6.45) is 2.31. The first-order valence-electron chi connectivity index (χ1n) is 5.44. The molecule has 0 saturated carbocycles. The number of nitrogen functional groups attached to an aromatic ring is 1. The molecule has 2 aromatic rings. The lowest BCUT2D eigenvalue weighted by molar-refractivity contribution is 0.322. The van der Waals surface area contributed by atoms with Gasteiger partial charge in [-0.05, 0) is 29.8 Å². The zero-order valence-corrected chi connectivity index (χ0v) is 11.1. The second-order valence-corrected chi connectivity index (χ2v) is 4.56. The van der Waals surface area contributed by atoms with Gasteiger partial charge >= 0.3 is 0 Å². The van der Waals surface area contributed by atoms with E-state index in [9.17, 15) is 0 Å². The van der Waals surface area contributed by atoms with Gasteiger partial charge < -0.3 is 10.5 Å². The average Bonchev–Trinajstić information content (AvgIpc) is 2.34. The SMILES string of the molecule is Nc1ncccc1OCCc1ccc(Cl)cc1Cl. The van der Waals surface area contributed by atoms with Gasteiger partial charge in [0.25, 0.3) is 0 Å². The van der Waals surface area contributed by atoms with Crippen molar-refractivity contribution in [3.63, 3.8) is 0 Å². The lowest BCUT2D eigenvalue weighted by Gasteiger charge is -2.08. The third-order valence-electron chi connectivity index (χ3n) is 2.44. The Bertz CT molecular complexity index is 546. The number of nitrogens with two attached hydrogens (primary N) is 1. The first kappa shape index (κ1) is 13.0. The minimum atomic E-state index is 0.389. The van der Waals surface area contributed by atoms with Crippen LogP contribution in [0.3, 0.4) is 0 Å². The largest absolute Gasteiger partial charge is 0.489 e. The summed E-state index contributed by atoms with van der Waals surface area (Å²) in [7, 11) is 0. The predicted molar refractivity (Wildman–Crippen MR) is 74.3 cm³/mol. The Morgan fingerprint density at radius 3 is 2.78 bits per heavy atom. The Morgan fingerprint density at radius 1 is 1.22 bits per heavy atom. The molecule has 0 bridgehead atoms. The summed E-state index contributed by atoms with van der Waals surface area (Å²) < 4.78 is 5.55. The van der Waals surface area contributed by atoms with Crippen LogP contribution in [0.1, 0.15) is 5.56 Å². The van der Waals surface area contributed by atoms with E-state index in [1.165, 1.54) is 0 Å². The van der Waals surface area contributed by atoms with Crippen LogP contribution in [0.2, 0.25) is 10.0 Å². The van der Waals surface area contributed by atoms with Gasteiger partial charge in [0, 0.05) is 22.7 Å². The van der Waals surface area contributed by atoms with Crippen LogP contribution in [-0.4, -0.2) is 11.6 Å². The van der Waals surface area contributed by atoms with Crippen LogP contribution in [0, 0.1) is 0 Å². The number of hydrogen-bond donors (Lipinski definition) is 1. The molecule has 0 saturated heterocycles. The maximum atomic E-state index is 6.07. The fourth-order valence-electron chi connectivity index (χ4n) is 1.52. The third-order valence-corrected chi connectivity index (χ3v) is 3.03. The Kier molecular flexibility index (Phi) is 4.28. The van der Waals surface area contributed by atoms with E-state index in [0.29, 0.717) is 34.6 Å². The van der Waals surface area contributed by atoms with Crippen molar-refractivity contribution in [2.45, 2.75) is 6.42 Å². The molecule has 2 rings (SSSR count). The van der Waals surface area contributed by atoms with Crippen LogP contribution in [0.15, 0.2) is 36.5 Å². The smallest absolute Gasteiger partial charge is 0.166 e. The molecule has 18 heavy (non-hydrogen) atoms. The number of aromatic nitrogens is 1. The zero-order valence-electron chi connectivity index (χ0n) is 9.57. The lowest BCUT2D eigenvalue weighted by atomic mass is 10.2. The molecular weight excluding hydrogens is 271 g/mol. The first-order valence-corrected chi connectivity index (χ1v) is 6.19. The van der Waals surface area contributed by atoms with Crippen molar-refractivity contribution in [2.24, 2.45) is 0 Å². The molecule has 1 heterocycles. The number of rotatable bonds is 4. The highest BCUT2D eigenvalue weighted by molar-refractivity contribution is 6.35. The molecule has 0 atom stereocenters. The highest BCUT2D eigenvalue weighted by Gasteiger charge is 2.03. The van der Waals surface area contributed by atoms with Gasteiger partial charge in [-0.2, -0.15) is 0 Å². The average molecular weight is 283 g/mol. The molecule has 0 fully saturated rings. The molecule has 0 unspecified atom stereocenters. The molecule has 0 spiro atoms. The van der Waals surface area contributed by atoms with Crippen molar-refractivity contribution in [1.29, 1.82) is 0 Å². The van der Waals surface area contributed by atoms with Gasteiger partial charge in [-0.1, -0.05) is 29.3 Å². The Balaban J connectivity index is 1.95. The van der Waals surface area contributed by atoms with Gasteiger partial charge in [0.05, 0.1) is 6.61 Å². The maximum absolute atomic E-state index is 6.07. The van der Waals surface area contributed by atoms with Crippen LogP contribution in [-0.2, 0) is 6.42 Å². The van der Waals surface area contributed by atoms with Crippen LogP contribution in [0.25, 0.3) is 0 Å². The van der Waals surface area contributed by atoms with Gasteiger partial charge in [-0.3, -0.25) is 0 Å². The van der Waals surface area contributed by atoms with E-state index in [-0.39, 0.29) is 0 Å². The first-order chi connectivity index (χ1) is 8.66. The van der Waals surface area contributed by atoms with E-state index in [1.54, 1.807) is 30.5 Å². The number of anilines is 1. The van der Waals surface area contributed by atoms with E-state index >= 15 is 0 Å². The van der Waals surface area contributed by atoms with Crippen molar-refractivity contribution >= 4 is 29.0 Å². The zero-order chi connectivity index (χ0) is 13.0. The summed E-state index contributed by atoms with van der Waals surface area (Å²) in [4.78, 5) is 3.94. The quantitative estimate of drug-likeness (QED) is 0.932. The highest BCUT2D eigenvalue weighted by Crippen LogP contribution is 2.22. The standard InChI is InChI=1S/C13H12Cl2N2O/c14-10-4-3-9(11(15)8-10)5-7-18-12-2-1-6-17-13(12)16/h1-4,6,8H,5,7H2,(H2,16,17). The summed E-state index contributed by atoms with van der Waals surface area (Å²) in [5, 5.41) is 1.27. The normalized spacial score (nSPS) is 10.3. The molecule has 0 aliphatic carbocycles. The number of hydrogen-bond acceptors (Lipinski definition) is 3. The number of ether oxygens (including phenoxy) is 1. The molecule has 1 aromatic heterocycles. The fraction of sp³-hybridized carbons (Fsp3) is 0.154. The van der Waals surface area contributed by atoms with Crippen molar-refractivity contribution < 1.29 is 4.74 Å². The fourth-order valence-corrected chi connectivity index (χ4v) is 2.02. The van der Waals surface area contributed by atoms with Gasteiger partial charge in [-0.25, -0.2) is 4.98 Å². The van der Waals surface area contributed by atoms with Gasteiger partial charge in [-0.15, -0.1) is 0 Å². The van der Waals surface area contributed by atoms with Crippen LogP contribution < -0.4 is 10.5 Å². The van der Waals surface area contributed by atoms with Crippen molar-refractivity contribution in [3.05, 3.63) is 52.1 Å². The topological polar surface area (TPSA) is 48.1 Å². The second-order valence-electron chi connectivity index (χ2n) is 3.72. The lowest BCUT2D eigenvalue weighted by Crippen LogP contribution is -2.04. The van der Waals surface area contributed by atoms with Gasteiger partial charge in [0.15, 0.2) is 11.6 Å². The molecule has 1 aromatic carbocycles. The number of halogens is 2. The summed E-state index contributed by atoms with van der Waals surface area (Å²) in [6.45, 7) is 0.483. The minimum Gasteiger partial charge on any atom is -0.489 e. The molecule has 5 heteroatoms. The van der Waals surface area contributed by atoms with Crippen LogP contribution >= 0.6 is 23.2 Å². The predicted octanol–water partition coefficient (Wildman–Crippen LogP) is 3.59. The maximum Gasteiger partial charge on any atom is 0.166 e. The van der Waals surface area contributed by atoms with Crippen molar-refractivity contribution in [3.8, 4) is 5.75 Å². The highest BCUT2D eigenvalue weighted by atomic mass is 35.5. The van der Waals surface area contributed by atoms with Crippen LogP contribution in [0.4, 0.5) is 5.82 Å². The Labute approximate surface area is 115 Å². The number of nitrogens with zero attached hydrogens (tertiary/aromatic N) is 1. The Hall–Kier alpha value is -1.45. The van der Waals surface area contributed by atoms with Crippen LogP contribution in [0.5, 0.6) is 5.75 Å². The van der Waals surface area contributed by atoms with E-state index in [1.807, 2.05) is 6.07 Å². The summed E-state index contributed by atoms with van der Waals surface area (Å²) >= 11 is 11.9. The summed E-state index contributed by atoms with van der Waals surface area (Å²) in [5.74, 6) is 0.974. The van der Waals surface area contributed by atoms with E-state index in [2.05, 4.69) is 4.98 Å². The Morgan fingerprint density at radius 2 is 2.06 bits per heavy atom. The molecule has 3 nitrogen and oxygen atoms in total. The van der Waals surface area contributed by atoms with Gasteiger partial charge in [0.2, 0.25) is 0 Å². The summed E-state index contributed by atoms with van der Waals surface area (Å²) in [6, 6.07) is 8.98. The molecule has 0 aliphatic rings. The van der Waals surface area contributed by atoms with Gasteiger partial charge in [0.1, 0.15) is 0 Å². The molecule has 0 aliphatic heterocycles. The number of pyridine rings is 1. The minimum absolute atomic E-state index is 0.389. The van der Waals surface area contributed by atoms with Crippen molar-refractivity contribution in [1.82, 2.24) is 4.98 Å². The molecule has 0 amide bonds. The van der Waals surface area contributed by atoms with Crippen molar-refractivity contribution in [2.75, 3.05) is 12.3 Å². The molecule has 94 valence electrons.